The molecule has 152 valence electrons. The Labute approximate surface area is 170 Å². The van der Waals surface area contributed by atoms with Crippen molar-refractivity contribution in [3.8, 4) is 0 Å². The van der Waals surface area contributed by atoms with Gasteiger partial charge in [0.2, 0.25) is 0 Å². The van der Waals surface area contributed by atoms with Crippen molar-refractivity contribution < 1.29 is 17.7 Å². The Morgan fingerprint density at radius 2 is 1.27 bits per heavy atom. The van der Waals surface area contributed by atoms with Gasteiger partial charge in [-0.15, -0.1) is 0 Å². The van der Waals surface area contributed by atoms with Crippen molar-refractivity contribution in [2.75, 3.05) is 0 Å². The van der Waals surface area contributed by atoms with E-state index in [1.165, 1.54) is 69.8 Å². The molecule has 1 aromatic rings. The number of nitrogens with two attached hydrogens (primary N) is 1. The highest BCUT2D eigenvalue weighted by Crippen LogP contribution is 2.23. The fourth-order valence-electron chi connectivity index (χ4n) is 4.02. The second-order valence-corrected chi connectivity index (χ2v) is 7.99. The molecular formula is C24H44ClN. The second-order valence-electron chi connectivity index (χ2n) is 7.99. The van der Waals surface area contributed by atoms with Crippen LogP contribution in [0.2, 0.25) is 0 Å². The average molecular weight is 382 g/mol. The van der Waals surface area contributed by atoms with E-state index in [-0.39, 0.29) is 12.4 Å². The van der Waals surface area contributed by atoms with E-state index in [1.807, 2.05) is 0 Å². The van der Waals surface area contributed by atoms with Gasteiger partial charge < -0.3 is 17.7 Å². The molecule has 1 rings (SSSR count). The fraction of sp³-hybridized carbons (Fsp3) is 0.750. The van der Waals surface area contributed by atoms with Gasteiger partial charge in [0.1, 0.15) is 6.54 Å². The van der Waals surface area contributed by atoms with Crippen molar-refractivity contribution >= 4 is 0 Å². The summed E-state index contributed by atoms with van der Waals surface area (Å²) >= 11 is 0. The second kappa shape index (κ2) is 16.6. The molecule has 1 aromatic carbocycles. The molecule has 2 unspecified atom stereocenters. The third-order valence-corrected chi connectivity index (χ3v) is 5.89. The van der Waals surface area contributed by atoms with Crippen LogP contribution in [0.5, 0.6) is 0 Å². The number of quaternary nitrogens is 1. The molecular weight excluding hydrogens is 338 g/mol. The molecule has 0 bridgehead atoms. The summed E-state index contributed by atoms with van der Waals surface area (Å²) in [6.07, 6.45) is 13.8. The number of hydrogen-bond donors (Lipinski definition) is 1. The zero-order valence-corrected chi connectivity index (χ0v) is 18.6. The van der Waals surface area contributed by atoms with Crippen LogP contribution in [-0.2, 0) is 6.54 Å². The molecule has 2 N–H and O–H groups in total. The van der Waals surface area contributed by atoms with Gasteiger partial charge in [0.05, 0.1) is 6.04 Å². The molecule has 0 fully saturated rings. The van der Waals surface area contributed by atoms with Gasteiger partial charge in [-0.25, -0.2) is 0 Å². The molecule has 0 spiro atoms. The minimum atomic E-state index is 0. The number of rotatable bonds is 15. The number of benzene rings is 1. The van der Waals surface area contributed by atoms with Gasteiger partial charge in [-0.05, 0) is 11.8 Å². The van der Waals surface area contributed by atoms with Crippen LogP contribution in [0.25, 0.3) is 0 Å². The predicted molar refractivity (Wildman–Crippen MR) is 112 cm³/mol. The maximum atomic E-state index is 2.65. The first-order valence-corrected chi connectivity index (χ1v) is 11.1. The van der Waals surface area contributed by atoms with Crippen LogP contribution in [0.4, 0.5) is 0 Å². The summed E-state index contributed by atoms with van der Waals surface area (Å²) in [5, 5.41) is 2.65. The van der Waals surface area contributed by atoms with Crippen LogP contribution in [0.15, 0.2) is 30.3 Å². The number of hydrogen-bond acceptors (Lipinski definition) is 0. The molecule has 0 aliphatic rings. The topological polar surface area (TPSA) is 16.6 Å². The van der Waals surface area contributed by atoms with Gasteiger partial charge in [0.15, 0.2) is 0 Å². The predicted octanol–water partition coefficient (Wildman–Crippen LogP) is 3.34. The van der Waals surface area contributed by atoms with E-state index in [2.05, 4.69) is 63.3 Å². The molecule has 0 aliphatic heterocycles. The Hall–Kier alpha value is -0.530. The lowest BCUT2D eigenvalue weighted by atomic mass is 9.85. The van der Waals surface area contributed by atoms with Gasteiger partial charge in [-0.2, -0.15) is 0 Å². The molecule has 0 aliphatic carbocycles. The van der Waals surface area contributed by atoms with Crippen LogP contribution in [-0.4, -0.2) is 6.04 Å². The van der Waals surface area contributed by atoms with Crippen molar-refractivity contribution in [1.82, 2.24) is 0 Å². The van der Waals surface area contributed by atoms with Crippen LogP contribution < -0.4 is 17.7 Å². The first kappa shape index (κ1) is 25.5. The van der Waals surface area contributed by atoms with Gasteiger partial charge in [0.25, 0.3) is 0 Å². The SMILES string of the molecule is CCCCC(CC)CC(CC(CC)CCCC)[NH2+]Cc1ccccc1.[Cl-]. The van der Waals surface area contributed by atoms with Gasteiger partial charge >= 0.3 is 0 Å². The standard InChI is InChI=1S/C24H43N.ClH/c1-5-9-14-21(7-3)18-24(19-22(8-4)15-10-6-2)25-20-23-16-12-11-13-17-23;/h11-13,16-17,21-22,24-25H,5-10,14-15,18-20H2,1-4H3;1H. The Kier molecular flexibility index (Phi) is 16.3. The van der Waals surface area contributed by atoms with E-state index >= 15 is 0 Å². The maximum Gasteiger partial charge on any atom is 0.101 e. The summed E-state index contributed by atoms with van der Waals surface area (Å²) in [6, 6.07) is 11.8. The van der Waals surface area contributed by atoms with Crippen LogP contribution >= 0.6 is 0 Å². The minimum Gasteiger partial charge on any atom is -1.00 e. The fourth-order valence-corrected chi connectivity index (χ4v) is 4.02. The Balaban J connectivity index is 0.00000625. The zero-order chi connectivity index (χ0) is 18.3. The number of unbranched alkanes of at least 4 members (excludes halogenated alkanes) is 2. The van der Waals surface area contributed by atoms with E-state index in [9.17, 15) is 0 Å². The summed E-state index contributed by atoms with van der Waals surface area (Å²) in [4.78, 5) is 0. The lowest BCUT2D eigenvalue weighted by Gasteiger charge is -2.25. The van der Waals surface area contributed by atoms with Crippen LogP contribution in [0.1, 0.15) is 97.5 Å². The van der Waals surface area contributed by atoms with E-state index in [1.54, 1.807) is 0 Å². The molecule has 0 saturated carbocycles. The van der Waals surface area contributed by atoms with E-state index < -0.39 is 0 Å². The summed E-state index contributed by atoms with van der Waals surface area (Å²) in [6.45, 7) is 10.6. The summed E-state index contributed by atoms with van der Waals surface area (Å²) in [5.74, 6) is 1.83. The lowest BCUT2D eigenvalue weighted by Crippen LogP contribution is -3.00. The first-order valence-electron chi connectivity index (χ1n) is 11.1. The maximum absolute atomic E-state index is 2.65. The largest absolute Gasteiger partial charge is 1.00 e. The van der Waals surface area contributed by atoms with E-state index in [0.29, 0.717) is 0 Å². The van der Waals surface area contributed by atoms with E-state index in [0.717, 1.165) is 24.4 Å². The quantitative estimate of drug-likeness (QED) is 0.480. The monoisotopic (exact) mass is 381 g/mol. The van der Waals surface area contributed by atoms with Crippen molar-refractivity contribution in [3.05, 3.63) is 35.9 Å². The number of halogens is 1. The summed E-state index contributed by atoms with van der Waals surface area (Å²) in [7, 11) is 0. The molecule has 0 saturated heterocycles. The van der Waals surface area contributed by atoms with Gasteiger partial charge in [0, 0.05) is 18.4 Å². The van der Waals surface area contributed by atoms with Crippen LogP contribution in [0, 0.1) is 11.8 Å². The first-order chi connectivity index (χ1) is 12.2. The van der Waals surface area contributed by atoms with Crippen LogP contribution in [0.3, 0.4) is 0 Å². The molecule has 0 aromatic heterocycles. The van der Waals surface area contributed by atoms with Gasteiger partial charge in [-0.3, -0.25) is 0 Å². The molecule has 1 nitrogen and oxygen atoms in total. The highest BCUT2D eigenvalue weighted by Gasteiger charge is 2.21. The van der Waals surface area contributed by atoms with Crippen molar-refractivity contribution in [2.24, 2.45) is 11.8 Å². The van der Waals surface area contributed by atoms with Crippen molar-refractivity contribution in [1.29, 1.82) is 0 Å². The third-order valence-electron chi connectivity index (χ3n) is 5.89. The van der Waals surface area contributed by atoms with E-state index in [4.69, 9.17) is 0 Å². The summed E-state index contributed by atoms with van der Waals surface area (Å²) < 4.78 is 0. The zero-order valence-electron chi connectivity index (χ0n) is 17.9. The Bertz CT molecular complexity index is 388. The van der Waals surface area contributed by atoms with Gasteiger partial charge in [-0.1, -0.05) is 109 Å². The Morgan fingerprint density at radius 3 is 1.69 bits per heavy atom. The molecule has 0 heterocycles. The highest BCUT2D eigenvalue weighted by atomic mass is 35.5. The molecule has 0 amide bonds. The molecule has 2 atom stereocenters. The highest BCUT2D eigenvalue weighted by molar-refractivity contribution is 5.12. The summed E-state index contributed by atoms with van der Waals surface area (Å²) in [5.41, 5.74) is 1.47. The Morgan fingerprint density at radius 1 is 0.769 bits per heavy atom. The smallest absolute Gasteiger partial charge is 0.101 e. The third kappa shape index (κ3) is 11.2. The normalized spacial score (nSPS) is 14.5. The minimum absolute atomic E-state index is 0. The molecule has 0 radical (unpaired) electrons. The molecule has 2 heteroatoms. The van der Waals surface area contributed by atoms with Crippen molar-refractivity contribution in [2.45, 2.75) is 104 Å². The molecule has 26 heavy (non-hydrogen) atoms. The lowest BCUT2D eigenvalue weighted by molar-refractivity contribution is -0.707. The van der Waals surface area contributed by atoms with Crippen molar-refractivity contribution in [3.63, 3.8) is 0 Å². The average Bonchev–Trinajstić information content (AvgIpc) is 2.66.